The molecule has 0 aromatic heterocycles. The molecule has 7 heteroatoms. The summed E-state index contributed by atoms with van der Waals surface area (Å²) in [6, 6.07) is 15.2. The number of nitrogens with two attached hydrogens (primary N) is 1. The number of aliphatic carboxylic acids is 1. The molecule has 39 heavy (non-hydrogen) atoms. The fourth-order valence-electron chi connectivity index (χ4n) is 2.21. The van der Waals surface area contributed by atoms with Crippen molar-refractivity contribution in [1.82, 2.24) is 0 Å². The van der Waals surface area contributed by atoms with Crippen molar-refractivity contribution in [1.29, 1.82) is 0 Å². The van der Waals surface area contributed by atoms with E-state index in [1.54, 1.807) is 26.0 Å². The predicted molar refractivity (Wildman–Crippen MR) is 176 cm³/mol. The lowest BCUT2D eigenvalue weighted by atomic mass is 9.89. The van der Waals surface area contributed by atoms with Crippen molar-refractivity contribution in [3.8, 4) is 0 Å². The van der Waals surface area contributed by atoms with Crippen molar-refractivity contribution in [2.24, 2.45) is 16.6 Å². The van der Waals surface area contributed by atoms with Gasteiger partial charge in [0.2, 0.25) is 0 Å². The molecule has 5 nitrogen and oxygen atoms in total. The van der Waals surface area contributed by atoms with Gasteiger partial charge in [-0.3, -0.25) is 9.59 Å². The van der Waals surface area contributed by atoms with Crippen molar-refractivity contribution >= 4 is 43.6 Å². The average molecular weight is 681 g/mol. The minimum Gasteiger partial charge on any atom is -0.481 e. The summed E-state index contributed by atoms with van der Waals surface area (Å²) in [6.07, 6.45) is 2.29. The summed E-state index contributed by atoms with van der Waals surface area (Å²) in [7, 11) is 1.25. The number of ketones is 1. The van der Waals surface area contributed by atoms with Crippen molar-refractivity contribution < 1.29 is 22.5 Å². The lowest BCUT2D eigenvalue weighted by molar-refractivity contribution is -0.136. The number of carboxylic acids is 1. The molecule has 0 radical (unpaired) electrons. The van der Waals surface area contributed by atoms with Crippen LogP contribution in [0.15, 0.2) is 57.5 Å². The van der Waals surface area contributed by atoms with Crippen LogP contribution >= 0.6 is 31.9 Å². The first-order valence-electron chi connectivity index (χ1n) is 14.5. The molecule has 0 aliphatic heterocycles. The van der Waals surface area contributed by atoms with Gasteiger partial charge in [0.05, 0.1) is 6.42 Å². The Morgan fingerprint density at radius 3 is 1.46 bits per heavy atom. The molecule has 2 aromatic rings. The smallest absolute Gasteiger partial charge is 0.307 e. The molecule has 226 valence electrons. The number of Topliss-reactive ketones (excluding diaryl/α,β-unsaturated/α-hetero) is 1. The van der Waals surface area contributed by atoms with Crippen LogP contribution < -0.4 is 5.73 Å². The van der Waals surface area contributed by atoms with Gasteiger partial charge in [-0.05, 0) is 66.1 Å². The molecule has 0 bridgehead atoms. The van der Waals surface area contributed by atoms with Crippen LogP contribution in [-0.2, 0) is 22.4 Å². The van der Waals surface area contributed by atoms with Gasteiger partial charge < -0.3 is 15.9 Å². The summed E-state index contributed by atoms with van der Waals surface area (Å²) in [4.78, 5) is 22.0. The van der Waals surface area contributed by atoms with Crippen LogP contribution in [0.1, 0.15) is 96.4 Å². The summed E-state index contributed by atoms with van der Waals surface area (Å²) in [5.41, 5.74) is 7.79. The lowest BCUT2D eigenvalue weighted by Crippen LogP contribution is -2.18. The summed E-state index contributed by atoms with van der Waals surface area (Å²) >= 11 is 6.65. The van der Waals surface area contributed by atoms with Gasteiger partial charge in [-0.1, -0.05) is 119 Å². The number of aliphatic hydroxyl groups excluding tert-OH is 1. The zero-order valence-electron chi connectivity index (χ0n) is 27.6. The van der Waals surface area contributed by atoms with E-state index in [4.69, 9.17) is 18.7 Å². The van der Waals surface area contributed by atoms with Crippen LogP contribution in [0.2, 0.25) is 0 Å². The molecule has 0 fully saturated rings. The second kappa shape index (κ2) is 25.4. The first-order chi connectivity index (χ1) is 18.9. The molecule has 2 aromatic carbocycles. The molecule has 0 saturated heterocycles. The van der Waals surface area contributed by atoms with E-state index in [0.29, 0.717) is 30.9 Å². The Hall–Kier alpha value is -1.54. The molecule has 0 aliphatic rings. The summed E-state index contributed by atoms with van der Waals surface area (Å²) in [5, 5.41) is 16.0. The number of benzene rings is 2. The Labute approximate surface area is 259 Å². The van der Waals surface area contributed by atoms with Crippen LogP contribution in [-0.4, -0.2) is 35.1 Å². The van der Waals surface area contributed by atoms with Gasteiger partial charge >= 0.3 is 5.97 Å². The Bertz CT molecular complexity index is 879. The summed E-state index contributed by atoms with van der Waals surface area (Å²) < 4.78 is 14.0. The fourth-order valence-corrected chi connectivity index (χ4v) is 2.74. The number of rotatable bonds is 6. The van der Waals surface area contributed by atoms with Crippen molar-refractivity contribution in [2.75, 3.05) is 13.2 Å². The van der Waals surface area contributed by atoms with Crippen LogP contribution in [0.4, 0.5) is 0 Å². The average Bonchev–Trinajstić information content (AvgIpc) is 2.87. The molecule has 2 rings (SSSR count). The minimum atomic E-state index is -0.799. The maximum absolute atomic E-state index is 11.7. The van der Waals surface area contributed by atoms with Crippen LogP contribution in [0.5, 0.6) is 0 Å². The Kier molecular flexibility index (Phi) is 25.8. The number of hydrogen-bond acceptors (Lipinski definition) is 4. The largest absolute Gasteiger partial charge is 0.481 e. The number of carbonyl (C=O) groups is 2. The van der Waals surface area contributed by atoms with E-state index in [2.05, 4.69) is 73.4 Å². The Balaban J connectivity index is -0.000000237. The fraction of sp³-hybridized carbons (Fsp3) is 0.562. The SMILES string of the molecule is CC(C)(C)CCC(=O)Cc1ccc(Br)cc1.CC(C)(C)CN.CCO.O=C(O)Cc1ccc(Br)cc1.[2H]CC.[3H]C. The number of carboxylic acid groups (broad SMARTS) is 1. The van der Waals surface area contributed by atoms with Gasteiger partial charge in [0, 0.05) is 31.1 Å². The zero-order valence-corrected chi connectivity index (χ0v) is 28.8. The molecule has 4 N–H and O–H groups in total. The molecule has 0 atom stereocenters. The highest BCUT2D eigenvalue weighted by atomic mass is 79.9. The van der Waals surface area contributed by atoms with E-state index in [0.717, 1.165) is 33.0 Å². The maximum atomic E-state index is 11.7. The number of hydrogen-bond donors (Lipinski definition) is 3. The van der Waals surface area contributed by atoms with Gasteiger partial charge in [0.15, 0.2) is 0 Å². The third kappa shape index (κ3) is 34.4. The monoisotopic (exact) mass is 678 g/mol. The summed E-state index contributed by atoms with van der Waals surface area (Å²) in [5.74, 6) is -0.468. The summed E-state index contributed by atoms with van der Waals surface area (Å²) in [6.45, 7) is 17.8. The highest BCUT2D eigenvalue weighted by molar-refractivity contribution is 9.10. The van der Waals surface area contributed by atoms with E-state index in [1.165, 1.54) is 7.40 Å². The highest BCUT2D eigenvalue weighted by Crippen LogP contribution is 2.21. The van der Waals surface area contributed by atoms with Gasteiger partial charge in [0.25, 0.3) is 0 Å². The molecule has 0 aliphatic carbocycles. The molecular formula is C32H55Br2NO4. The molecule has 0 amide bonds. The van der Waals surface area contributed by atoms with Crippen molar-refractivity contribution in [3.63, 3.8) is 0 Å². The van der Waals surface area contributed by atoms with Crippen LogP contribution in [0.3, 0.4) is 0 Å². The number of halogens is 2. The van der Waals surface area contributed by atoms with Gasteiger partial charge in [0.1, 0.15) is 5.78 Å². The quantitative estimate of drug-likeness (QED) is 0.283. The Morgan fingerprint density at radius 2 is 1.21 bits per heavy atom. The zero-order chi connectivity index (χ0) is 33.1. The first-order valence-corrected chi connectivity index (χ1v) is 14.4. The third-order valence-electron chi connectivity index (χ3n) is 4.35. The van der Waals surface area contributed by atoms with Gasteiger partial charge in [-0.25, -0.2) is 0 Å². The normalized spacial score (nSPS) is 10.4. The lowest BCUT2D eigenvalue weighted by Gasteiger charge is -2.16. The second-order valence-electron chi connectivity index (χ2n) is 10.7. The van der Waals surface area contributed by atoms with Crippen LogP contribution in [0.25, 0.3) is 0 Å². The van der Waals surface area contributed by atoms with Crippen molar-refractivity contribution in [2.45, 2.75) is 95.4 Å². The predicted octanol–water partition coefficient (Wildman–Crippen LogP) is 9.12. The standard InChI is InChI=1S/C14H19BrO.C8H7BrO2.C5H13N.C2H6O.C2H6.CH4/c1-14(2,3)9-8-13(16)10-11-4-6-12(15)7-5-11;9-7-3-1-6(2-4-7)5-8(10)11;1-5(2,3)4-6;1-2-3;1-2;/h4-7H,8-10H2,1-3H3;1-4H,5H2,(H,10,11);4,6H2,1-3H3;3H,2H2,1H3;1-2H3;1H4/i;;;;1D;1T. The molecular weight excluding hydrogens is 622 g/mol. The van der Waals surface area contributed by atoms with E-state index < -0.39 is 5.97 Å². The minimum absolute atomic E-state index is 0.0906. The topological polar surface area (TPSA) is 101 Å². The van der Waals surface area contributed by atoms with E-state index in [1.807, 2.05) is 36.4 Å². The molecule has 0 saturated carbocycles. The number of aliphatic hydroxyl groups is 1. The maximum Gasteiger partial charge on any atom is 0.307 e. The molecule has 0 unspecified atom stereocenters. The molecule has 0 heterocycles. The van der Waals surface area contributed by atoms with Crippen LogP contribution in [0, 0.1) is 10.8 Å². The van der Waals surface area contributed by atoms with Gasteiger partial charge in [-0.15, -0.1) is 0 Å². The van der Waals surface area contributed by atoms with Gasteiger partial charge in [-0.2, -0.15) is 0 Å². The van der Waals surface area contributed by atoms with E-state index >= 15 is 0 Å². The Morgan fingerprint density at radius 1 is 0.897 bits per heavy atom. The number of carbonyl (C=O) groups excluding carboxylic acids is 1. The van der Waals surface area contributed by atoms with E-state index in [-0.39, 0.29) is 18.4 Å². The third-order valence-corrected chi connectivity index (χ3v) is 5.41. The second-order valence-corrected chi connectivity index (χ2v) is 12.5. The highest BCUT2D eigenvalue weighted by Gasteiger charge is 2.13. The first kappa shape index (κ1) is 39.6. The molecule has 0 spiro atoms. The van der Waals surface area contributed by atoms with E-state index in [9.17, 15) is 9.59 Å². The van der Waals surface area contributed by atoms with Crippen molar-refractivity contribution in [3.05, 3.63) is 68.6 Å².